The highest BCUT2D eigenvalue weighted by Crippen LogP contribution is 2.30. The summed E-state index contributed by atoms with van der Waals surface area (Å²) >= 11 is 0. The fourth-order valence-corrected chi connectivity index (χ4v) is 1.63. The molecule has 0 saturated carbocycles. The first-order valence-corrected chi connectivity index (χ1v) is 5.65. The maximum atomic E-state index is 12.5. The van der Waals surface area contributed by atoms with Crippen LogP contribution >= 0.6 is 0 Å². The third-order valence-corrected chi connectivity index (χ3v) is 2.61. The van der Waals surface area contributed by atoms with Crippen molar-refractivity contribution in [1.82, 2.24) is 4.98 Å². The molecule has 1 aromatic carbocycles. The number of benzene rings is 1. The standard InChI is InChI=1S/C13H12F3NO2/c1-8(18)11-7-19-12(17-11)6-9-3-2-4-10(5-9)13(14,15)16/h2-5,7-8,18H,6H2,1H3. The summed E-state index contributed by atoms with van der Waals surface area (Å²) in [6.07, 6.45) is -3.68. The van der Waals surface area contributed by atoms with Gasteiger partial charge in [-0.3, -0.25) is 0 Å². The first kappa shape index (κ1) is 13.6. The summed E-state index contributed by atoms with van der Waals surface area (Å²) in [5.74, 6) is 0.273. The molecule has 0 fully saturated rings. The molecule has 0 radical (unpaired) electrons. The van der Waals surface area contributed by atoms with Gasteiger partial charge in [-0.05, 0) is 18.6 Å². The van der Waals surface area contributed by atoms with Crippen molar-refractivity contribution in [1.29, 1.82) is 0 Å². The smallest absolute Gasteiger partial charge is 0.416 e. The van der Waals surface area contributed by atoms with E-state index in [0.29, 0.717) is 11.3 Å². The van der Waals surface area contributed by atoms with Gasteiger partial charge in [0.05, 0.1) is 11.7 Å². The van der Waals surface area contributed by atoms with E-state index in [1.165, 1.54) is 19.3 Å². The Morgan fingerprint density at radius 3 is 2.68 bits per heavy atom. The van der Waals surface area contributed by atoms with Crippen LogP contribution in [0.1, 0.15) is 35.7 Å². The van der Waals surface area contributed by atoms with Crippen LogP contribution in [0, 0.1) is 0 Å². The Morgan fingerprint density at radius 1 is 1.37 bits per heavy atom. The molecule has 0 spiro atoms. The van der Waals surface area contributed by atoms with E-state index >= 15 is 0 Å². The quantitative estimate of drug-likeness (QED) is 0.931. The number of alkyl halides is 3. The van der Waals surface area contributed by atoms with Gasteiger partial charge in [-0.1, -0.05) is 18.2 Å². The minimum Gasteiger partial charge on any atom is -0.448 e. The Balaban J connectivity index is 2.19. The van der Waals surface area contributed by atoms with Crippen LogP contribution in [0.5, 0.6) is 0 Å². The number of aliphatic hydroxyl groups excluding tert-OH is 1. The number of rotatable bonds is 3. The van der Waals surface area contributed by atoms with Crippen LogP contribution in [0.15, 0.2) is 34.9 Å². The molecule has 1 unspecified atom stereocenters. The summed E-state index contributed by atoms with van der Waals surface area (Å²) in [7, 11) is 0. The Kier molecular flexibility index (Phi) is 3.61. The number of hydrogen-bond acceptors (Lipinski definition) is 3. The molecule has 0 saturated heterocycles. The topological polar surface area (TPSA) is 46.3 Å². The van der Waals surface area contributed by atoms with E-state index in [9.17, 15) is 18.3 Å². The highest BCUT2D eigenvalue weighted by Gasteiger charge is 2.30. The molecule has 2 aromatic rings. The predicted molar refractivity (Wildman–Crippen MR) is 61.4 cm³/mol. The molecular weight excluding hydrogens is 259 g/mol. The third kappa shape index (κ3) is 3.35. The van der Waals surface area contributed by atoms with Crippen LogP contribution in [-0.2, 0) is 12.6 Å². The zero-order valence-corrected chi connectivity index (χ0v) is 10.1. The summed E-state index contributed by atoms with van der Waals surface area (Å²) < 4.78 is 42.7. The van der Waals surface area contributed by atoms with Crippen molar-refractivity contribution < 1.29 is 22.7 Å². The van der Waals surface area contributed by atoms with E-state index in [4.69, 9.17) is 4.42 Å². The summed E-state index contributed by atoms with van der Waals surface area (Å²) in [5, 5.41) is 9.28. The highest BCUT2D eigenvalue weighted by atomic mass is 19.4. The van der Waals surface area contributed by atoms with Gasteiger partial charge in [-0.25, -0.2) is 4.98 Å². The Labute approximate surface area is 107 Å². The summed E-state index contributed by atoms with van der Waals surface area (Å²) in [6, 6.07) is 4.99. The lowest BCUT2D eigenvalue weighted by atomic mass is 10.1. The van der Waals surface area contributed by atoms with Gasteiger partial charge in [-0.15, -0.1) is 0 Å². The monoisotopic (exact) mass is 271 g/mol. The van der Waals surface area contributed by atoms with Gasteiger partial charge >= 0.3 is 6.18 Å². The molecule has 1 heterocycles. The lowest BCUT2D eigenvalue weighted by Crippen LogP contribution is -2.05. The molecule has 1 aromatic heterocycles. The maximum absolute atomic E-state index is 12.5. The molecule has 0 aliphatic carbocycles. The average molecular weight is 271 g/mol. The van der Waals surface area contributed by atoms with Crippen molar-refractivity contribution in [3.05, 3.63) is 53.2 Å². The van der Waals surface area contributed by atoms with E-state index in [1.54, 1.807) is 6.07 Å². The van der Waals surface area contributed by atoms with Crippen molar-refractivity contribution in [3.63, 3.8) is 0 Å². The number of oxazole rings is 1. The SMILES string of the molecule is CC(O)c1coc(Cc2cccc(C(F)(F)F)c2)n1. The predicted octanol–water partition coefficient (Wildman–Crippen LogP) is 3.34. The van der Waals surface area contributed by atoms with Crippen molar-refractivity contribution in [2.75, 3.05) is 0 Å². The second kappa shape index (κ2) is 5.05. The fraction of sp³-hybridized carbons (Fsp3) is 0.308. The lowest BCUT2D eigenvalue weighted by Gasteiger charge is -2.07. The summed E-state index contributed by atoms with van der Waals surface area (Å²) in [4.78, 5) is 4.00. The normalized spacial score (nSPS) is 13.5. The van der Waals surface area contributed by atoms with Gasteiger partial charge in [0, 0.05) is 6.42 Å². The largest absolute Gasteiger partial charge is 0.448 e. The van der Waals surface area contributed by atoms with Crippen LogP contribution < -0.4 is 0 Å². The lowest BCUT2D eigenvalue weighted by molar-refractivity contribution is -0.137. The van der Waals surface area contributed by atoms with Crippen molar-refractivity contribution in [2.45, 2.75) is 25.6 Å². The minimum atomic E-state index is -4.36. The van der Waals surface area contributed by atoms with Crippen molar-refractivity contribution in [3.8, 4) is 0 Å². The highest BCUT2D eigenvalue weighted by molar-refractivity contribution is 5.27. The number of nitrogens with zero attached hydrogens (tertiary/aromatic N) is 1. The molecule has 1 atom stereocenters. The van der Waals surface area contributed by atoms with Crippen LogP contribution in [0.2, 0.25) is 0 Å². The van der Waals surface area contributed by atoms with Gasteiger partial charge in [-0.2, -0.15) is 13.2 Å². The van der Waals surface area contributed by atoms with Gasteiger partial charge in [0.25, 0.3) is 0 Å². The Bertz CT molecular complexity index is 561. The molecule has 0 aliphatic heterocycles. The van der Waals surface area contributed by atoms with E-state index in [1.807, 2.05) is 0 Å². The molecule has 1 N–H and O–H groups in total. The summed E-state index contributed by atoms with van der Waals surface area (Å²) in [5.41, 5.74) is 0.114. The van der Waals surface area contributed by atoms with Gasteiger partial charge in [0.2, 0.25) is 0 Å². The average Bonchev–Trinajstić information content (AvgIpc) is 2.77. The van der Waals surface area contributed by atoms with E-state index in [-0.39, 0.29) is 12.3 Å². The number of hydrogen-bond donors (Lipinski definition) is 1. The van der Waals surface area contributed by atoms with E-state index < -0.39 is 17.8 Å². The second-order valence-corrected chi connectivity index (χ2v) is 4.22. The zero-order valence-electron chi connectivity index (χ0n) is 10.1. The molecule has 102 valence electrons. The summed E-state index contributed by atoms with van der Waals surface area (Å²) in [6.45, 7) is 1.53. The number of halogens is 3. The van der Waals surface area contributed by atoms with Crippen LogP contribution in [0.25, 0.3) is 0 Å². The molecule has 0 bridgehead atoms. The Morgan fingerprint density at radius 2 is 2.11 bits per heavy atom. The number of aliphatic hydroxyl groups is 1. The Hall–Kier alpha value is -1.82. The van der Waals surface area contributed by atoms with Crippen LogP contribution in [0.3, 0.4) is 0 Å². The molecule has 2 rings (SSSR count). The molecule has 3 nitrogen and oxygen atoms in total. The van der Waals surface area contributed by atoms with Crippen LogP contribution in [0.4, 0.5) is 13.2 Å². The number of aromatic nitrogens is 1. The van der Waals surface area contributed by atoms with E-state index in [2.05, 4.69) is 4.98 Å². The first-order valence-electron chi connectivity index (χ1n) is 5.65. The van der Waals surface area contributed by atoms with Crippen molar-refractivity contribution in [2.24, 2.45) is 0 Å². The third-order valence-electron chi connectivity index (χ3n) is 2.61. The van der Waals surface area contributed by atoms with Gasteiger partial charge < -0.3 is 9.52 Å². The maximum Gasteiger partial charge on any atom is 0.416 e. The van der Waals surface area contributed by atoms with Crippen molar-refractivity contribution >= 4 is 0 Å². The second-order valence-electron chi connectivity index (χ2n) is 4.22. The molecule has 19 heavy (non-hydrogen) atoms. The van der Waals surface area contributed by atoms with Gasteiger partial charge in [0.1, 0.15) is 12.0 Å². The van der Waals surface area contributed by atoms with Crippen LogP contribution in [-0.4, -0.2) is 10.1 Å². The van der Waals surface area contributed by atoms with Gasteiger partial charge in [0.15, 0.2) is 5.89 Å². The zero-order chi connectivity index (χ0) is 14.0. The minimum absolute atomic E-state index is 0.149. The molecular formula is C13H12F3NO2. The first-order chi connectivity index (χ1) is 8.86. The molecule has 0 aliphatic rings. The fourth-order valence-electron chi connectivity index (χ4n) is 1.63. The molecule has 6 heteroatoms. The molecule has 0 amide bonds. The van der Waals surface area contributed by atoms with E-state index in [0.717, 1.165) is 12.1 Å².